The third kappa shape index (κ3) is 7.63. The van der Waals surface area contributed by atoms with Gasteiger partial charge in [0.25, 0.3) is 0 Å². The lowest BCUT2D eigenvalue weighted by molar-refractivity contribution is 0.443. The minimum Gasteiger partial charge on any atom is -0.103 e. The van der Waals surface area contributed by atoms with Gasteiger partial charge in [-0.2, -0.15) is 0 Å². The highest BCUT2D eigenvalue weighted by molar-refractivity contribution is 8.05. The second kappa shape index (κ2) is 14.2. The Morgan fingerprint density at radius 3 is 1.90 bits per heavy atom. The highest BCUT2D eigenvalue weighted by Crippen LogP contribution is 2.42. The topological polar surface area (TPSA) is 0 Å². The second-order valence-corrected chi connectivity index (χ2v) is 10.4. The van der Waals surface area contributed by atoms with Crippen LogP contribution in [-0.2, 0) is 0 Å². The van der Waals surface area contributed by atoms with E-state index in [1.54, 1.807) is 21.6 Å². The molecule has 1 heteroatoms. The molecule has 3 rings (SSSR count). The molecular formula is C29H46S. The summed E-state index contributed by atoms with van der Waals surface area (Å²) in [5, 5.41) is 2.03. The summed E-state index contributed by atoms with van der Waals surface area (Å²) in [6.45, 7) is 12.8. The fourth-order valence-corrected chi connectivity index (χ4v) is 6.14. The number of thioether (sulfide) groups is 1. The van der Waals surface area contributed by atoms with E-state index in [0.29, 0.717) is 0 Å². The minimum absolute atomic E-state index is 0.750. The molecule has 0 nitrogen and oxygen atoms in total. The van der Waals surface area contributed by atoms with Gasteiger partial charge < -0.3 is 0 Å². The zero-order valence-electron chi connectivity index (χ0n) is 20.2. The molecule has 0 heterocycles. The lowest BCUT2D eigenvalue weighted by atomic mass is 9.83. The molecule has 0 saturated heterocycles. The summed E-state index contributed by atoms with van der Waals surface area (Å²) in [7, 11) is 0. The van der Waals surface area contributed by atoms with Crippen LogP contribution in [-0.4, -0.2) is 0 Å². The van der Waals surface area contributed by atoms with E-state index in [-0.39, 0.29) is 0 Å². The summed E-state index contributed by atoms with van der Waals surface area (Å²) in [6, 6.07) is 9.82. The largest absolute Gasteiger partial charge is 0.103 e. The van der Waals surface area contributed by atoms with E-state index in [2.05, 4.69) is 58.5 Å². The highest BCUT2D eigenvalue weighted by Gasteiger charge is 2.24. The third-order valence-corrected chi connectivity index (χ3v) is 8.09. The molecule has 2 aliphatic rings. The molecule has 1 aromatic rings. The highest BCUT2D eigenvalue weighted by atomic mass is 32.2. The van der Waals surface area contributed by atoms with Gasteiger partial charge in [0.05, 0.1) is 0 Å². The SMILES string of the molecule is C=CS/C(=C(\C)CC)C1CCCC(c2ccc(C3CCCCC3)cc2)CC1.CCC. The number of hydrogen-bond acceptors (Lipinski definition) is 1. The number of allylic oxidation sites excluding steroid dienone is 2. The van der Waals surface area contributed by atoms with Crippen LogP contribution in [0.25, 0.3) is 0 Å². The third-order valence-electron chi connectivity index (χ3n) is 6.99. The van der Waals surface area contributed by atoms with Crippen LogP contribution in [0.5, 0.6) is 0 Å². The molecule has 0 amide bonds. The average molecular weight is 427 g/mol. The fourth-order valence-electron chi connectivity index (χ4n) is 5.18. The van der Waals surface area contributed by atoms with Gasteiger partial charge >= 0.3 is 0 Å². The standard InChI is InChI=1S/C26H38S.C3H8/c1-4-20(3)26(27-5-2)25-13-9-12-22(18-19-25)24-16-14-23(15-17-24)21-10-7-6-8-11-21;1-3-2/h5,14-17,21-22,25H,2,4,6-13,18-19H2,1,3H3;3H2,1-2H3/b26-20+;. The van der Waals surface area contributed by atoms with Crippen LogP contribution >= 0.6 is 11.8 Å². The Balaban J connectivity index is 0.00000101. The Kier molecular flexibility index (Phi) is 12.0. The first-order valence-corrected chi connectivity index (χ1v) is 13.6. The van der Waals surface area contributed by atoms with E-state index < -0.39 is 0 Å². The van der Waals surface area contributed by atoms with Crippen molar-refractivity contribution in [3.8, 4) is 0 Å². The Hall–Kier alpha value is -0.950. The summed E-state index contributed by atoms with van der Waals surface area (Å²) >= 11 is 1.88. The van der Waals surface area contributed by atoms with Crippen LogP contribution in [0, 0.1) is 5.92 Å². The smallest absolute Gasteiger partial charge is 0.00885 e. The molecule has 1 aromatic carbocycles. The van der Waals surface area contributed by atoms with Gasteiger partial charge in [0.15, 0.2) is 0 Å². The van der Waals surface area contributed by atoms with Gasteiger partial charge in [0, 0.05) is 0 Å². The van der Waals surface area contributed by atoms with Crippen LogP contribution in [0.15, 0.2) is 46.7 Å². The quantitative estimate of drug-likeness (QED) is 0.407. The van der Waals surface area contributed by atoms with Gasteiger partial charge in [-0.15, -0.1) is 11.8 Å². The molecule has 30 heavy (non-hydrogen) atoms. The number of rotatable bonds is 6. The van der Waals surface area contributed by atoms with E-state index >= 15 is 0 Å². The van der Waals surface area contributed by atoms with E-state index in [9.17, 15) is 0 Å². The van der Waals surface area contributed by atoms with Gasteiger partial charge in [-0.05, 0) is 91.1 Å². The molecule has 0 aliphatic heterocycles. The molecule has 2 unspecified atom stereocenters. The van der Waals surface area contributed by atoms with E-state index in [4.69, 9.17) is 0 Å². The molecule has 2 saturated carbocycles. The predicted octanol–water partition coefficient (Wildman–Crippen LogP) is 10.4. The maximum atomic E-state index is 3.97. The monoisotopic (exact) mass is 426 g/mol. The summed E-state index contributed by atoms with van der Waals surface area (Å²) in [5.41, 5.74) is 4.75. The van der Waals surface area contributed by atoms with Crippen molar-refractivity contribution in [3.05, 3.63) is 57.9 Å². The van der Waals surface area contributed by atoms with Gasteiger partial charge in [-0.25, -0.2) is 0 Å². The molecule has 168 valence electrons. The minimum atomic E-state index is 0.750. The maximum Gasteiger partial charge on any atom is -0.00885 e. The molecule has 2 atom stereocenters. The zero-order chi connectivity index (χ0) is 21.8. The first kappa shape index (κ1) is 25.3. The first-order chi connectivity index (χ1) is 14.6. The average Bonchev–Trinajstić information content (AvgIpc) is 3.04. The number of hydrogen-bond donors (Lipinski definition) is 0. The predicted molar refractivity (Wildman–Crippen MR) is 138 cm³/mol. The van der Waals surface area contributed by atoms with Crippen LogP contribution in [0.3, 0.4) is 0 Å². The van der Waals surface area contributed by atoms with Crippen molar-refractivity contribution in [3.63, 3.8) is 0 Å². The molecule has 0 aromatic heterocycles. The van der Waals surface area contributed by atoms with Crippen molar-refractivity contribution < 1.29 is 0 Å². The van der Waals surface area contributed by atoms with Gasteiger partial charge in [0.2, 0.25) is 0 Å². The van der Waals surface area contributed by atoms with Crippen molar-refractivity contribution in [1.82, 2.24) is 0 Å². The normalized spacial score (nSPS) is 23.6. The van der Waals surface area contributed by atoms with Gasteiger partial charge in [0.1, 0.15) is 0 Å². The Morgan fingerprint density at radius 1 is 0.833 bits per heavy atom. The zero-order valence-corrected chi connectivity index (χ0v) is 21.0. The first-order valence-electron chi connectivity index (χ1n) is 12.7. The van der Waals surface area contributed by atoms with Crippen LogP contribution < -0.4 is 0 Å². The van der Waals surface area contributed by atoms with Crippen molar-refractivity contribution >= 4 is 11.8 Å². The second-order valence-electron chi connectivity index (χ2n) is 9.39. The molecular weight excluding hydrogens is 380 g/mol. The van der Waals surface area contributed by atoms with Crippen molar-refractivity contribution in [1.29, 1.82) is 0 Å². The van der Waals surface area contributed by atoms with E-state index in [0.717, 1.165) is 17.8 Å². The molecule has 2 fully saturated rings. The Labute approximate surface area is 192 Å². The summed E-state index contributed by atoms with van der Waals surface area (Å²) in [6.07, 6.45) is 16.2. The summed E-state index contributed by atoms with van der Waals surface area (Å²) < 4.78 is 0. The molecule has 0 N–H and O–H groups in total. The molecule has 0 radical (unpaired) electrons. The number of benzene rings is 1. The van der Waals surface area contributed by atoms with Crippen molar-refractivity contribution in [2.75, 3.05) is 0 Å². The summed E-state index contributed by atoms with van der Waals surface area (Å²) in [4.78, 5) is 1.61. The summed E-state index contributed by atoms with van der Waals surface area (Å²) in [5.74, 6) is 2.33. The molecule has 0 spiro atoms. The van der Waals surface area contributed by atoms with Gasteiger partial charge in [-0.1, -0.05) is 89.3 Å². The maximum absolute atomic E-state index is 3.97. The van der Waals surface area contributed by atoms with Crippen molar-refractivity contribution in [2.24, 2.45) is 5.92 Å². The van der Waals surface area contributed by atoms with Crippen LogP contribution in [0.1, 0.15) is 128 Å². The van der Waals surface area contributed by atoms with E-state index in [1.165, 1.54) is 77.0 Å². The van der Waals surface area contributed by atoms with E-state index in [1.807, 2.05) is 17.2 Å². The van der Waals surface area contributed by atoms with Gasteiger partial charge in [-0.3, -0.25) is 0 Å². The van der Waals surface area contributed by atoms with Crippen molar-refractivity contribution in [2.45, 2.75) is 117 Å². The lowest BCUT2D eigenvalue weighted by Crippen LogP contribution is -2.05. The van der Waals surface area contributed by atoms with Crippen LogP contribution in [0.4, 0.5) is 0 Å². The molecule has 0 bridgehead atoms. The molecule has 2 aliphatic carbocycles. The Bertz CT molecular complexity index is 633. The Morgan fingerprint density at radius 2 is 1.37 bits per heavy atom. The van der Waals surface area contributed by atoms with Crippen LogP contribution in [0.2, 0.25) is 0 Å². The fraction of sp³-hybridized carbons (Fsp3) is 0.655. The lowest BCUT2D eigenvalue weighted by Gasteiger charge is -2.23.